The number of nitrogens with two attached hydrogens (primary N) is 1. The van der Waals surface area contributed by atoms with Crippen molar-refractivity contribution in [1.82, 2.24) is 13.9 Å². The van der Waals surface area contributed by atoms with Gasteiger partial charge in [0.05, 0.1) is 48.8 Å². The van der Waals surface area contributed by atoms with Gasteiger partial charge in [0.15, 0.2) is 5.13 Å². The summed E-state index contributed by atoms with van der Waals surface area (Å²) in [5.41, 5.74) is 5.04. The normalized spacial score (nSPS) is 21.4. The fourth-order valence-electron chi connectivity index (χ4n) is 4.23. The van der Waals surface area contributed by atoms with E-state index in [1.807, 2.05) is 26.0 Å². The van der Waals surface area contributed by atoms with Crippen LogP contribution in [0.3, 0.4) is 0 Å². The van der Waals surface area contributed by atoms with E-state index < -0.39 is 52.6 Å². The fourth-order valence-corrected chi connectivity index (χ4v) is 5.78. The van der Waals surface area contributed by atoms with Gasteiger partial charge in [0.1, 0.15) is 17.4 Å². The number of methoxy groups -OCH3 is 1. The highest BCUT2D eigenvalue weighted by Gasteiger charge is 2.32. The van der Waals surface area contributed by atoms with E-state index in [-0.39, 0.29) is 17.3 Å². The molecule has 2 amide bonds. The van der Waals surface area contributed by atoms with Crippen LogP contribution < -0.4 is 16.0 Å². The Hall–Kier alpha value is -3.33. The summed E-state index contributed by atoms with van der Waals surface area (Å²) in [7, 11) is -7.56. The molecule has 0 aromatic carbocycles. The van der Waals surface area contributed by atoms with Gasteiger partial charge in [0, 0.05) is 31.7 Å². The van der Waals surface area contributed by atoms with Gasteiger partial charge in [-0.1, -0.05) is 6.07 Å². The van der Waals surface area contributed by atoms with Crippen LogP contribution in [0.25, 0.3) is 11.4 Å². The predicted octanol–water partition coefficient (Wildman–Crippen LogP) is 1.90. The third-order valence-corrected chi connectivity index (χ3v) is 7.49. The van der Waals surface area contributed by atoms with E-state index in [1.165, 1.54) is 0 Å². The molecule has 204 valence electrons. The summed E-state index contributed by atoms with van der Waals surface area (Å²) in [4.78, 5) is 37.0. The molecule has 1 aliphatic rings. The Labute approximate surface area is 231 Å². The van der Waals surface area contributed by atoms with E-state index in [0.29, 0.717) is 34.3 Å². The largest absolute Gasteiger partial charge is 0.383 e. The van der Waals surface area contributed by atoms with Crippen LogP contribution in [-0.2, 0) is 24.3 Å². The molecule has 0 radical (unpaired) electrons. The van der Waals surface area contributed by atoms with E-state index in [2.05, 4.69) is 19.9 Å². The van der Waals surface area contributed by atoms with Gasteiger partial charge in [-0.2, -0.15) is 0 Å². The minimum atomic E-state index is -4.22. The van der Waals surface area contributed by atoms with Crippen molar-refractivity contribution >= 4 is 44.1 Å². The van der Waals surface area contributed by atoms with Gasteiger partial charge in [0.2, 0.25) is 15.9 Å². The average Bonchev–Trinajstić information content (AvgIpc) is 3.49. The molecule has 38 heavy (non-hydrogen) atoms. The molecule has 1 saturated heterocycles. The molecule has 3 atom stereocenters. The first-order valence-electron chi connectivity index (χ1n) is 13.9. The maximum Gasteiger partial charge on any atom is 0.250 e. The van der Waals surface area contributed by atoms with Crippen LogP contribution >= 0.6 is 11.3 Å². The van der Waals surface area contributed by atoms with Crippen molar-refractivity contribution in [2.45, 2.75) is 32.0 Å². The Kier molecular flexibility index (Phi) is 6.36. The molecular weight excluding hydrogens is 532 g/mol. The molecule has 0 saturated carbocycles. The molecule has 0 aliphatic carbocycles. The number of morpholine rings is 1. The number of hydrogen-bond acceptors (Lipinski definition) is 10. The second-order valence-electron chi connectivity index (χ2n) is 8.76. The second-order valence-corrected chi connectivity index (χ2v) is 11.5. The van der Waals surface area contributed by atoms with Gasteiger partial charge in [-0.15, -0.1) is 11.3 Å². The van der Waals surface area contributed by atoms with Crippen molar-refractivity contribution in [3.05, 3.63) is 47.1 Å². The Morgan fingerprint density at radius 2 is 2.03 bits per heavy atom. The van der Waals surface area contributed by atoms with Crippen LogP contribution in [0.4, 0.5) is 10.9 Å². The zero-order valence-electron chi connectivity index (χ0n) is 25.7. The van der Waals surface area contributed by atoms with E-state index in [9.17, 15) is 18.0 Å². The topological polar surface area (TPSA) is 159 Å². The van der Waals surface area contributed by atoms with Crippen LogP contribution in [0.15, 0.2) is 35.8 Å². The molecule has 4 rings (SSSR count). The summed E-state index contributed by atoms with van der Waals surface area (Å²) in [5.74, 6) is -4.00. The molecule has 0 bridgehead atoms. The maximum absolute atomic E-state index is 13.6. The quantitative estimate of drug-likeness (QED) is 0.394. The monoisotopic (exact) mass is 567 g/mol. The molecule has 3 aromatic heterocycles. The summed E-state index contributed by atoms with van der Waals surface area (Å²) in [5, 5.41) is 3.96. The Balaban J connectivity index is 1.69. The molecule has 0 unspecified atom stereocenters. The first-order chi connectivity index (χ1) is 19.9. The Morgan fingerprint density at radius 1 is 1.29 bits per heavy atom. The number of nitrogens with one attached hydrogen (secondary N) is 1. The van der Waals surface area contributed by atoms with E-state index in [0.717, 1.165) is 29.9 Å². The lowest BCUT2D eigenvalue weighted by atomic mass is 10.0. The van der Waals surface area contributed by atoms with Gasteiger partial charge in [-0.3, -0.25) is 9.59 Å². The zero-order chi connectivity index (χ0) is 31.9. The number of hydrogen-bond donors (Lipinski definition) is 2. The summed E-state index contributed by atoms with van der Waals surface area (Å²) in [6.45, 7) is 1.88. The van der Waals surface area contributed by atoms with Crippen LogP contribution in [0.2, 0.25) is 0 Å². The molecule has 1 aliphatic heterocycles. The minimum Gasteiger partial charge on any atom is -0.383 e. The van der Waals surface area contributed by atoms with Gasteiger partial charge >= 0.3 is 0 Å². The lowest BCUT2D eigenvalue weighted by Gasteiger charge is -2.36. The molecule has 3 aromatic rings. The average molecular weight is 568 g/mol. The summed E-state index contributed by atoms with van der Waals surface area (Å²) < 4.78 is 74.8. The smallest absolute Gasteiger partial charge is 0.250 e. The molecule has 0 spiro atoms. The lowest BCUT2D eigenvalue weighted by molar-refractivity contribution is -0.118. The van der Waals surface area contributed by atoms with Gasteiger partial charge < -0.3 is 25.4 Å². The highest BCUT2D eigenvalue weighted by molar-refractivity contribution is 7.89. The first kappa shape index (κ1) is 21.6. The van der Waals surface area contributed by atoms with Crippen LogP contribution in [0.1, 0.15) is 42.7 Å². The third kappa shape index (κ3) is 6.04. The van der Waals surface area contributed by atoms with E-state index in [1.54, 1.807) is 11.4 Å². The van der Waals surface area contributed by atoms with Crippen molar-refractivity contribution in [3.63, 3.8) is 0 Å². The SMILES string of the molecule is [2H]C([2H])([2H])OC([2H])([2H])[C@H](C(=O)Nc1nc(-c2cccc(N3C[C@@H](C)O[C@@H](C)C3)n2)cs1)c1c(C(N)=O)ccn1S(C)(=O)=O. The van der Waals surface area contributed by atoms with Crippen LogP contribution in [0, 0.1) is 0 Å². The van der Waals surface area contributed by atoms with Crippen molar-refractivity contribution in [1.29, 1.82) is 0 Å². The van der Waals surface area contributed by atoms with Gasteiger partial charge in [-0.25, -0.2) is 22.4 Å². The Bertz CT molecular complexity index is 1620. The van der Waals surface area contributed by atoms with E-state index in [4.69, 9.17) is 22.3 Å². The number of nitrogens with zero attached hydrogens (tertiary/aromatic N) is 4. The highest BCUT2D eigenvalue weighted by atomic mass is 32.2. The fraction of sp³-hybridized carbons (Fsp3) is 0.417. The van der Waals surface area contributed by atoms with Crippen LogP contribution in [-0.4, -0.2) is 79.3 Å². The number of anilines is 2. The molecule has 1 fully saturated rings. The summed E-state index contributed by atoms with van der Waals surface area (Å²) >= 11 is 0.966. The number of thiazole rings is 1. The first-order valence-corrected chi connectivity index (χ1v) is 14.1. The number of carbonyl (C=O) groups excluding carboxylic acids is 2. The number of primary amides is 1. The van der Waals surface area contributed by atoms with Crippen molar-refractivity contribution < 1.29 is 34.3 Å². The van der Waals surface area contributed by atoms with Crippen molar-refractivity contribution in [2.75, 3.05) is 43.2 Å². The maximum atomic E-state index is 13.6. The number of aromatic nitrogens is 3. The number of carbonyl (C=O) groups is 2. The number of amides is 2. The Morgan fingerprint density at radius 3 is 2.68 bits per heavy atom. The molecule has 4 heterocycles. The van der Waals surface area contributed by atoms with Crippen LogP contribution in [0.5, 0.6) is 0 Å². The number of ether oxygens (including phenoxy) is 2. The van der Waals surface area contributed by atoms with Crippen molar-refractivity contribution in [2.24, 2.45) is 5.73 Å². The predicted molar refractivity (Wildman–Crippen MR) is 144 cm³/mol. The molecule has 3 N–H and O–H groups in total. The summed E-state index contributed by atoms with van der Waals surface area (Å²) in [6.07, 6.45) is 1.69. The molecular formula is C24H30N6O6S2. The van der Waals surface area contributed by atoms with Gasteiger partial charge in [-0.05, 0) is 32.0 Å². The van der Waals surface area contributed by atoms with Gasteiger partial charge in [0.25, 0.3) is 5.91 Å². The second kappa shape index (κ2) is 11.2. The standard InChI is InChI=1S/C24H30N6O6S2/c1-14-10-29(11-15(2)36-14)20-7-5-6-18(26-20)19-13-37-24(27-19)28-23(32)17(12-35-3)21-16(22(25)31)8-9-30(21)38(4,33)34/h5-9,13-15,17H,10-12H2,1-4H3,(H2,25,31)(H,27,28,32)/t14-,15+,17-/m0/s1/i3D3,12D2. The lowest BCUT2D eigenvalue weighted by Crippen LogP contribution is -2.45. The van der Waals surface area contributed by atoms with Crippen molar-refractivity contribution in [3.8, 4) is 11.4 Å². The molecule has 14 heteroatoms. The molecule has 12 nitrogen and oxygen atoms in total. The zero-order valence-corrected chi connectivity index (χ0v) is 22.4. The third-order valence-electron chi connectivity index (χ3n) is 5.70. The highest BCUT2D eigenvalue weighted by Crippen LogP contribution is 2.29. The minimum absolute atomic E-state index is 0.0117. The number of rotatable bonds is 9. The number of pyridine rings is 1. The van der Waals surface area contributed by atoms with E-state index >= 15 is 0 Å². The summed E-state index contributed by atoms with van der Waals surface area (Å²) in [6, 6.07) is 6.37.